The smallest absolute Gasteiger partial charge is 0.422 e. The van der Waals surface area contributed by atoms with Gasteiger partial charge in [-0.15, -0.1) is 0 Å². The van der Waals surface area contributed by atoms with E-state index >= 15 is 0 Å². The molecule has 0 radical (unpaired) electrons. The zero-order chi connectivity index (χ0) is 22.8. The number of halogens is 4. The van der Waals surface area contributed by atoms with Gasteiger partial charge in [0.1, 0.15) is 5.75 Å². The molecule has 0 bridgehead atoms. The standard InChI is InChI=1S/C24H26ClF3O3/c1-14(2)16-6-8-17(9-7-16)19-11-18(20(23(29)30)10-15-4-3-5-15)12-21(25)22(19)31-13-24(26,27)28/h6-9,11-12,14-15,20H,3-5,10,13H2,1-2H3,(H,29,30). The van der Waals surface area contributed by atoms with Crippen LogP contribution in [0.3, 0.4) is 0 Å². The van der Waals surface area contributed by atoms with Crippen molar-refractivity contribution in [3.05, 3.63) is 52.5 Å². The number of rotatable bonds is 8. The lowest BCUT2D eigenvalue weighted by Gasteiger charge is -2.28. The van der Waals surface area contributed by atoms with E-state index < -0.39 is 24.7 Å². The van der Waals surface area contributed by atoms with Crippen molar-refractivity contribution in [2.24, 2.45) is 5.92 Å². The summed E-state index contributed by atoms with van der Waals surface area (Å²) >= 11 is 6.34. The van der Waals surface area contributed by atoms with Gasteiger partial charge in [0, 0.05) is 5.56 Å². The van der Waals surface area contributed by atoms with E-state index in [0.717, 1.165) is 24.8 Å². The minimum atomic E-state index is -4.52. The van der Waals surface area contributed by atoms with Crippen LogP contribution in [0, 0.1) is 5.92 Å². The summed E-state index contributed by atoms with van der Waals surface area (Å²) in [6, 6.07) is 10.4. The zero-order valence-corrected chi connectivity index (χ0v) is 18.3. The third-order valence-corrected chi connectivity index (χ3v) is 6.11. The maximum absolute atomic E-state index is 12.8. The number of carboxylic acids is 1. The summed E-state index contributed by atoms with van der Waals surface area (Å²) in [5, 5.41) is 9.78. The van der Waals surface area contributed by atoms with E-state index in [9.17, 15) is 23.1 Å². The summed E-state index contributed by atoms with van der Waals surface area (Å²) < 4.78 is 43.5. The first-order valence-corrected chi connectivity index (χ1v) is 10.8. The number of ether oxygens (including phenoxy) is 1. The van der Waals surface area contributed by atoms with Crippen molar-refractivity contribution in [1.82, 2.24) is 0 Å². The molecule has 1 fully saturated rings. The third kappa shape index (κ3) is 5.94. The number of alkyl halides is 3. The Hall–Kier alpha value is -2.21. The molecule has 0 heterocycles. The van der Waals surface area contributed by atoms with Crippen LogP contribution in [0.4, 0.5) is 13.2 Å². The van der Waals surface area contributed by atoms with E-state index in [1.54, 1.807) is 18.2 Å². The number of benzene rings is 2. The predicted octanol–water partition coefficient (Wildman–Crippen LogP) is 7.43. The van der Waals surface area contributed by atoms with Crippen molar-refractivity contribution < 1.29 is 27.8 Å². The van der Waals surface area contributed by atoms with Gasteiger partial charge in [-0.1, -0.05) is 69.0 Å². The molecule has 2 aromatic carbocycles. The van der Waals surface area contributed by atoms with E-state index in [1.807, 2.05) is 26.0 Å². The van der Waals surface area contributed by atoms with Crippen LogP contribution in [0.2, 0.25) is 5.02 Å². The second-order valence-electron chi connectivity index (χ2n) is 8.48. The van der Waals surface area contributed by atoms with Gasteiger partial charge in [0.05, 0.1) is 10.9 Å². The van der Waals surface area contributed by atoms with Gasteiger partial charge in [0.2, 0.25) is 0 Å². The Balaban J connectivity index is 2.05. The van der Waals surface area contributed by atoms with Crippen molar-refractivity contribution in [3.8, 4) is 16.9 Å². The van der Waals surface area contributed by atoms with Crippen molar-refractivity contribution >= 4 is 17.6 Å². The third-order valence-electron chi connectivity index (χ3n) is 5.83. The summed E-state index contributed by atoms with van der Waals surface area (Å²) in [7, 11) is 0. The lowest BCUT2D eigenvalue weighted by atomic mass is 9.77. The van der Waals surface area contributed by atoms with Crippen molar-refractivity contribution in [2.45, 2.75) is 57.5 Å². The van der Waals surface area contributed by atoms with Crippen LogP contribution < -0.4 is 4.74 Å². The van der Waals surface area contributed by atoms with Gasteiger partial charge >= 0.3 is 12.1 Å². The van der Waals surface area contributed by atoms with Crippen LogP contribution in [0.5, 0.6) is 5.75 Å². The van der Waals surface area contributed by atoms with Gasteiger partial charge < -0.3 is 9.84 Å². The molecule has 0 spiro atoms. The Morgan fingerprint density at radius 2 is 1.81 bits per heavy atom. The highest BCUT2D eigenvalue weighted by molar-refractivity contribution is 6.32. The topological polar surface area (TPSA) is 46.5 Å². The number of carboxylic acid groups (broad SMARTS) is 1. The quantitative estimate of drug-likeness (QED) is 0.451. The molecule has 1 atom stereocenters. The monoisotopic (exact) mass is 454 g/mol. The van der Waals surface area contributed by atoms with E-state index in [1.165, 1.54) is 6.07 Å². The maximum Gasteiger partial charge on any atom is 0.422 e. The van der Waals surface area contributed by atoms with Crippen LogP contribution in [-0.4, -0.2) is 23.9 Å². The molecule has 31 heavy (non-hydrogen) atoms. The largest absolute Gasteiger partial charge is 0.482 e. The lowest BCUT2D eigenvalue weighted by molar-refractivity contribution is -0.153. The molecule has 0 amide bonds. The number of hydrogen-bond donors (Lipinski definition) is 1. The molecule has 0 saturated heterocycles. The molecule has 1 aliphatic rings. The number of carbonyl (C=O) groups is 1. The van der Waals surface area contributed by atoms with Gasteiger partial charge in [-0.3, -0.25) is 4.79 Å². The molecule has 0 aliphatic heterocycles. The Bertz CT molecular complexity index is 919. The molecule has 168 valence electrons. The summed E-state index contributed by atoms with van der Waals surface area (Å²) in [4.78, 5) is 12.0. The molecular formula is C24H26ClF3O3. The van der Waals surface area contributed by atoms with Crippen molar-refractivity contribution in [2.75, 3.05) is 6.61 Å². The van der Waals surface area contributed by atoms with E-state index in [-0.39, 0.29) is 10.8 Å². The van der Waals surface area contributed by atoms with Crippen LogP contribution in [0.15, 0.2) is 36.4 Å². The van der Waals surface area contributed by atoms with E-state index in [4.69, 9.17) is 16.3 Å². The van der Waals surface area contributed by atoms with Crippen LogP contribution >= 0.6 is 11.6 Å². The fraction of sp³-hybridized carbons (Fsp3) is 0.458. The highest BCUT2D eigenvalue weighted by atomic mass is 35.5. The van der Waals surface area contributed by atoms with Crippen LogP contribution in [0.25, 0.3) is 11.1 Å². The Kier molecular flexibility index (Phi) is 7.20. The first kappa shape index (κ1) is 23.5. The molecule has 0 aromatic heterocycles. The van der Waals surface area contributed by atoms with Gasteiger partial charge in [0.15, 0.2) is 6.61 Å². The Labute approximate surface area is 185 Å². The minimum absolute atomic E-state index is 0.0236. The van der Waals surface area contributed by atoms with Gasteiger partial charge in [-0.2, -0.15) is 13.2 Å². The second-order valence-corrected chi connectivity index (χ2v) is 8.89. The maximum atomic E-state index is 12.8. The molecule has 1 unspecified atom stereocenters. The highest BCUT2D eigenvalue weighted by Crippen LogP contribution is 2.43. The normalized spacial score (nSPS) is 15.6. The average molecular weight is 455 g/mol. The number of hydrogen-bond acceptors (Lipinski definition) is 2. The summed E-state index contributed by atoms with van der Waals surface area (Å²) in [6.45, 7) is 2.61. The summed E-state index contributed by atoms with van der Waals surface area (Å²) in [5.74, 6) is -1.19. The van der Waals surface area contributed by atoms with Crippen LogP contribution in [0.1, 0.15) is 62.5 Å². The first-order valence-electron chi connectivity index (χ1n) is 10.4. The van der Waals surface area contributed by atoms with Gasteiger partial charge in [-0.05, 0) is 47.1 Å². The summed E-state index contributed by atoms with van der Waals surface area (Å²) in [6.07, 6.45) is -0.953. The average Bonchev–Trinajstić information content (AvgIpc) is 2.64. The van der Waals surface area contributed by atoms with Gasteiger partial charge in [0.25, 0.3) is 0 Å². The second kappa shape index (κ2) is 9.51. The molecular weight excluding hydrogens is 429 g/mol. The molecule has 7 heteroatoms. The fourth-order valence-corrected chi connectivity index (χ4v) is 4.10. The lowest BCUT2D eigenvalue weighted by Crippen LogP contribution is -2.21. The summed E-state index contributed by atoms with van der Waals surface area (Å²) in [5.41, 5.74) is 2.55. The van der Waals surface area contributed by atoms with E-state index in [0.29, 0.717) is 34.9 Å². The number of aliphatic carboxylic acids is 1. The molecule has 1 N–H and O–H groups in total. The molecule has 1 saturated carbocycles. The van der Waals surface area contributed by atoms with Gasteiger partial charge in [-0.25, -0.2) is 0 Å². The Morgan fingerprint density at radius 1 is 1.16 bits per heavy atom. The Morgan fingerprint density at radius 3 is 2.29 bits per heavy atom. The predicted molar refractivity (Wildman–Crippen MR) is 115 cm³/mol. The van der Waals surface area contributed by atoms with Crippen LogP contribution in [-0.2, 0) is 4.79 Å². The highest BCUT2D eigenvalue weighted by Gasteiger charge is 2.31. The molecule has 1 aliphatic carbocycles. The molecule has 3 nitrogen and oxygen atoms in total. The molecule has 2 aromatic rings. The zero-order valence-electron chi connectivity index (χ0n) is 17.5. The fourth-order valence-electron chi connectivity index (χ4n) is 3.82. The molecule has 3 rings (SSSR count). The van der Waals surface area contributed by atoms with Crippen molar-refractivity contribution in [1.29, 1.82) is 0 Å². The SMILES string of the molecule is CC(C)c1ccc(-c2cc(C(CC3CCC3)C(=O)O)cc(Cl)c2OCC(F)(F)F)cc1. The van der Waals surface area contributed by atoms with Crippen molar-refractivity contribution in [3.63, 3.8) is 0 Å². The van der Waals surface area contributed by atoms with E-state index in [2.05, 4.69) is 0 Å². The first-order chi connectivity index (χ1) is 14.5. The minimum Gasteiger partial charge on any atom is -0.482 e.